The van der Waals surface area contributed by atoms with E-state index < -0.39 is 97.5 Å². The van der Waals surface area contributed by atoms with Gasteiger partial charge in [-0.15, -0.1) is 0 Å². The van der Waals surface area contributed by atoms with E-state index in [2.05, 4.69) is 55.4 Å². The summed E-state index contributed by atoms with van der Waals surface area (Å²) in [5, 5.41) is 10.6. The van der Waals surface area contributed by atoms with Crippen LogP contribution in [0.5, 0.6) is 0 Å². The maximum atomic E-state index is 13.1. The van der Waals surface area contributed by atoms with Crippen LogP contribution in [0.2, 0.25) is 0 Å². The van der Waals surface area contributed by atoms with Gasteiger partial charge in [-0.05, 0) is 49.4 Å². The lowest BCUT2D eigenvalue weighted by Crippen LogP contribution is -2.30. The molecule has 0 aromatic carbocycles. The minimum Gasteiger partial charge on any atom is -0.462 e. The van der Waals surface area contributed by atoms with Gasteiger partial charge in [0.25, 0.3) is 0 Å². The summed E-state index contributed by atoms with van der Waals surface area (Å²) in [4.78, 5) is 72.8. The number of hydrogen-bond acceptors (Lipinski definition) is 15. The van der Waals surface area contributed by atoms with Crippen molar-refractivity contribution in [3.05, 3.63) is 0 Å². The molecule has 97 heavy (non-hydrogen) atoms. The van der Waals surface area contributed by atoms with Crippen LogP contribution in [0.25, 0.3) is 0 Å². The quantitative estimate of drug-likeness (QED) is 0.0222. The summed E-state index contributed by atoms with van der Waals surface area (Å²) < 4.78 is 68.5. The number of hydrogen-bond donors (Lipinski definition) is 3. The smallest absolute Gasteiger partial charge is 0.462 e. The average Bonchev–Trinajstić information content (AvgIpc) is 1.15. The van der Waals surface area contributed by atoms with Crippen molar-refractivity contribution >= 4 is 39.5 Å². The summed E-state index contributed by atoms with van der Waals surface area (Å²) >= 11 is 0. The molecule has 0 aromatic rings. The molecule has 0 fully saturated rings. The lowest BCUT2D eigenvalue weighted by atomic mass is 10.00. The first-order valence-corrected chi connectivity index (χ1v) is 43.2. The second kappa shape index (κ2) is 67.2. The first kappa shape index (κ1) is 95.1. The van der Waals surface area contributed by atoms with E-state index in [9.17, 15) is 43.2 Å². The van der Waals surface area contributed by atoms with E-state index in [1.807, 2.05) is 0 Å². The number of esters is 4. The Balaban J connectivity index is 5.21. The third kappa shape index (κ3) is 70.9. The Morgan fingerprint density at radius 3 is 0.732 bits per heavy atom. The van der Waals surface area contributed by atoms with E-state index >= 15 is 0 Å². The molecule has 0 saturated carbocycles. The normalized spacial score (nSPS) is 14.4. The molecule has 0 aliphatic rings. The molecule has 3 N–H and O–H groups in total. The molecular formula is C78H152O17P2. The molecule has 0 rings (SSSR count). The van der Waals surface area contributed by atoms with Gasteiger partial charge < -0.3 is 33.8 Å². The van der Waals surface area contributed by atoms with Gasteiger partial charge in [-0.25, -0.2) is 9.13 Å². The molecule has 0 aliphatic heterocycles. The van der Waals surface area contributed by atoms with E-state index in [1.54, 1.807) is 0 Å². The number of unbranched alkanes of at least 4 members (excludes halogenated alkanes) is 40. The molecule has 0 bridgehead atoms. The topological polar surface area (TPSA) is 237 Å². The highest BCUT2D eigenvalue weighted by Crippen LogP contribution is 2.45. The van der Waals surface area contributed by atoms with Crippen molar-refractivity contribution in [1.29, 1.82) is 0 Å². The van der Waals surface area contributed by atoms with E-state index in [0.29, 0.717) is 25.7 Å². The highest BCUT2D eigenvalue weighted by Gasteiger charge is 2.30. The van der Waals surface area contributed by atoms with Gasteiger partial charge in [0, 0.05) is 25.7 Å². The third-order valence-electron chi connectivity index (χ3n) is 18.4. The lowest BCUT2D eigenvalue weighted by molar-refractivity contribution is -0.161. The maximum absolute atomic E-state index is 13.1. The number of phosphoric ester groups is 2. The minimum atomic E-state index is -4.96. The molecule has 0 saturated heterocycles. The largest absolute Gasteiger partial charge is 0.472 e. The Kier molecular flexibility index (Phi) is 65.9. The Labute approximate surface area is 594 Å². The van der Waals surface area contributed by atoms with Crippen molar-refractivity contribution < 1.29 is 80.2 Å². The Morgan fingerprint density at radius 2 is 0.495 bits per heavy atom. The number of carbonyl (C=O) groups excluding carboxylic acids is 4. The van der Waals surface area contributed by atoms with Crippen LogP contribution in [0.3, 0.4) is 0 Å². The monoisotopic (exact) mass is 1420 g/mol. The fourth-order valence-electron chi connectivity index (χ4n) is 11.9. The van der Waals surface area contributed by atoms with Crippen molar-refractivity contribution in [3.63, 3.8) is 0 Å². The molecule has 0 radical (unpaired) electrons. The SMILES string of the molecule is CCC(C)CCCCCCCCC(=O)O[C@H](COC(=O)CCCCCCCCCCC(C)C)COP(=O)(O)OCC(O)COP(=O)(O)OC[C@@H](COC(=O)CCCCCCCCCCCCCCC(C)C)OC(=O)CCCCCCCCCCCCCCCCCCCCC(C)C. The van der Waals surface area contributed by atoms with E-state index in [4.69, 9.17) is 37.0 Å². The van der Waals surface area contributed by atoms with E-state index in [0.717, 1.165) is 114 Å². The third-order valence-corrected chi connectivity index (χ3v) is 20.3. The van der Waals surface area contributed by atoms with Crippen LogP contribution >= 0.6 is 15.6 Å². The van der Waals surface area contributed by atoms with Gasteiger partial charge in [-0.2, -0.15) is 0 Å². The van der Waals surface area contributed by atoms with Gasteiger partial charge in [-0.1, -0.05) is 344 Å². The van der Waals surface area contributed by atoms with Crippen molar-refractivity contribution in [2.75, 3.05) is 39.6 Å². The van der Waals surface area contributed by atoms with Gasteiger partial charge >= 0.3 is 39.5 Å². The first-order chi connectivity index (χ1) is 46.6. The van der Waals surface area contributed by atoms with E-state index in [1.165, 1.54) is 199 Å². The number of carbonyl (C=O) groups is 4. The number of ether oxygens (including phenoxy) is 4. The average molecular weight is 1420 g/mol. The van der Waals surface area contributed by atoms with Crippen molar-refractivity contribution in [1.82, 2.24) is 0 Å². The number of aliphatic hydroxyl groups is 1. The zero-order valence-corrected chi connectivity index (χ0v) is 65.5. The van der Waals surface area contributed by atoms with Crippen LogP contribution < -0.4 is 0 Å². The molecule has 4 unspecified atom stereocenters. The van der Waals surface area contributed by atoms with Crippen molar-refractivity contribution in [2.45, 2.75) is 414 Å². The molecule has 0 spiro atoms. The molecule has 0 aromatic heterocycles. The summed E-state index contributed by atoms with van der Waals surface area (Å²) in [7, 11) is -9.91. The number of rotatable bonds is 75. The molecule has 576 valence electrons. The minimum absolute atomic E-state index is 0.102. The molecule has 0 amide bonds. The van der Waals surface area contributed by atoms with Crippen LogP contribution in [0, 0.1) is 23.7 Å². The summed E-state index contributed by atoms with van der Waals surface area (Å²) in [6.07, 6.45) is 52.9. The summed E-state index contributed by atoms with van der Waals surface area (Å²) in [5.41, 5.74) is 0. The fourth-order valence-corrected chi connectivity index (χ4v) is 13.5. The Morgan fingerprint density at radius 1 is 0.289 bits per heavy atom. The predicted octanol–water partition coefficient (Wildman–Crippen LogP) is 22.8. The second-order valence-corrected chi connectivity index (χ2v) is 32.7. The highest BCUT2D eigenvalue weighted by molar-refractivity contribution is 7.47. The van der Waals surface area contributed by atoms with Crippen LogP contribution in [-0.2, 0) is 65.4 Å². The number of phosphoric acid groups is 2. The van der Waals surface area contributed by atoms with Crippen LogP contribution in [0.15, 0.2) is 0 Å². The van der Waals surface area contributed by atoms with Crippen LogP contribution in [0.4, 0.5) is 0 Å². The summed E-state index contributed by atoms with van der Waals surface area (Å²) in [5.74, 6) is 0.927. The maximum Gasteiger partial charge on any atom is 0.472 e. The molecule has 19 heteroatoms. The van der Waals surface area contributed by atoms with Crippen molar-refractivity contribution in [2.24, 2.45) is 23.7 Å². The first-order valence-electron chi connectivity index (χ1n) is 40.2. The molecular weight excluding hydrogens is 1270 g/mol. The fraction of sp³-hybridized carbons (Fsp3) is 0.949. The Hall–Kier alpha value is -1.94. The molecule has 0 heterocycles. The molecule has 6 atom stereocenters. The van der Waals surface area contributed by atoms with Crippen LogP contribution in [-0.4, -0.2) is 96.7 Å². The predicted molar refractivity (Wildman–Crippen MR) is 395 cm³/mol. The van der Waals surface area contributed by atoms with Gasteiger partial charge in [0.1, 0.15) is 19.3 Å². The highest BCUT2D eigenvalue weighted by atomic mass is 31.2. The zero-order chi connectivity index (χ0) is 71.7. The standard InChI is InChI=1S/C78H152O17P2/c1-9-71(8)57-49-41-36-37-45-53-61-78(83)95-74(65-89-76(81)59-51-43-34-29-28-32-40-48-56-70(6)7)67-93-97(86,87)91-63-72(79)62-90-96(84,85)92-66-73(64-88-75(80)58-50-42-33-26-22-19-18-21-25-31-39-47-55-69(4)5)94-77(82)60-52-44-35-27-23-17-15-13-11-10-12-14-16-20-24-30-38-46-54-68(2)3/h68-74,79H,9-67H2,1-8H3,(H,84,85)(H,86,87)/t71?,72?,73-,74-/m1/s1. The van der Waals surface area contributed by atoms with Gasteiger partial charge in [0.05, 0.1) is 26.4 Å². The number of aliphatic hydroxyl groups excluding tert-OH is 1. The van der Waals surface area contributed by atoms with E-state index in [-0.39, 0.29) is 25.7 Å². The second-order valence-electron chi connectivity index (χ2n) is 29.8. The lowest BCUT2D eigenvalue weighted by Gasteiger charge is -2.21. The van der Waals surface area contributed by atoms with Gasteiger partial charge in [0.15, 0.2) is 12.2 Å². The zero-order valence-electron chi connectivity index (χ0n) is 63.7. The van der Waals surface area contributed by atoms with Gasteiger partial charge in [0.2, 0.25) is 0 Å². The summed E-state index contributed by atoms with van der Waals surface area (Å²) in [6, 6.07) is 0. The van der Waals surface area contributed by atoms with Crippen LogP contribution in [0.1, 0.15) is 396 Å². The Bertz CT molecular complexity index is 1900. The van der Waals surface area contributed by atoms with Crippen molar-refractivity contribution in [3.8, 4) is 0 Å². The molecule has 17 nitrogen and oxygen atoms in total. The molecule has 0 aliphatic carbocycles. The van der Waals surface area contributed by atoms with Gasteiger partial charge in [-0.3, -0.25) is 37.3 Å². The summed E-state index contributed by atoms with van der Waals surface area (Å²) in [6.45, 7) is 14.2.